The number of rotatable bonds is 1. The van der Waals surface area contributed by atoms with E-state index in [2.05, 4.69) is 0 Å². The van der Waals surface area contributed by atoms with Crippen molar-refractivity contribution in [2.24, 2.45) is 11.7 Å². The lowest BCUT2D eigenvalue weighted by Crippen LogP contribution is -2.43. The van der Waals surface area contributed by atoms with Gasteiger partial charge in [0.25, 0.3) is 0 Å². The highest BCUT2D eigenvalue weighted by molar-refractivity contribution is 5.74. The lowest BCUT2D eigenvalue weighted by Gasteiger charge is -2.27. The molecular formula is C13H25N3O. The largest absolute Gasteiger partial charge is 0.328 e. The van der Waals surface area contributed by atoms with Gasteiger partial charge in [0.1, 0.15) is 0 Å². The molecule has 2 rings (SSSR count). The molecule has 2 saturated heterocycles. The molecular weight excluding hydrogens is 214 g/mol. The second kappa shape index (κ2) is 5.71. The molecule has 0 radical (unpaired) electrons. The van der Waals surface area contributed by atoms with Crippen molar-refractivity contribution >= 4 is 6.03 Å². The molecule has 2 heterocycles. The second-order valence-electron chi connectivity index (χ2n) is 5.54. The summed E-state index contributed by atoms with van der Waals surface area (Å²) in [7, 11) is 0. The van der Waals surface area contributed by atoms with Crippen molar-refractivity contribution in [2.75, 3.05) is 26.2 Å². The lowest BCUT2D eigenvalue weighted by molar-refractivity contribution is 0.162. The van der Waals surface area contributed by atoms with E-state index in [1.165, 1.54) is 12.8 Å². The SMILES string of the molecule is CC(N)C1CCN(C(=O)N2CCCCCC2)C1. The number of likely N-dealkylation sites (tertiary alicyclic amines) is 2. The molecule has 2 amide bonds. The lowest BCUT2D eigenvalue weighted by atomic mass is 10.0. The molecule has 2 fully saturated rings. The maximum Gasteiger partial charge on any atom is 0.320 e. The van der Waals surface area contributed by atoms with E-state index in [0.29, 0.717) is 5.92 Å². The third-order valence-electron chi connectivity index (χ3n) is 4.12. The Labute approximate surface area is 104 Å². The van der Waals surface area contributed by atoms with Gasteiger partial charge in [-0.2, -0.15) is 0 Å². The van der Waals surface area contributed by atoms with Gasteiger partial charge in [-0.05, 0) is 32.1 Å². The molecule has 0 aromatic carbocycles. The third kappa shape index (κ3) is 3.12. The van der Waals surface area contributed by atoms with Crippen LogP contribution in [0.5, 0.6) is 0 Å². The summed E-state index contributed by atoms with van der Waals surface area (Å²) in [6, 6.07) is 0.451. The minimum Gasteiger partial charge on any atom is -0.328 e. The van der Waals surface area contributed by atoms with Crippen LogP contribution in [-0.2, 0) is 0 Å². The molecule has 2 aliphatic rings. The maximum absolute atomic E-state index is 12.3. The van der Waals surface area contributed by atoms with Gasteiger partial charge in [-0.3, -0.25) is 0 Å². The maximum atomic E-state index is 12.3. The molecule has 2 aliphatic heterocycles. The number of urea groups is 1. The summed E-state index contributed by atoms with van der Waals surface area (Å²) in [5.41, 5.74) is 5.91. The monoisotopic (exact) mass is 239 g/mol. The van der Waals surface area contributed by atoms with Crippen LogP contribution in [0.4, 0.5) is 4.79 Å². The predicted molar refractivity (Wildman–Crippen MR) is 68.8 cm³/mol. The molecule has 0 spiro atoms. The van der Waals surface area contributed by atoms with Gasteiger partial charge in [-0.15, -0.1) is 0 Å². The molecule has 4 nitrogen and oxygen atoms in total. The van der Waals surface area contributed by atoms with E-state index in [0.717, 1.165) is 45.4 Å². The van der Waals surface area contributed by atoms with Crippen molar-refractivity contribution in [2.45, 2.75) is 45.1 Å². The van der Waals surface area contributed by atoms with Crippen molar-refractivity contribution in [3.63, 3.8) is 0 Å². The molecule has 17 heavy (non-hydrogen) atoms. The van der Waals surface area contributed by atoms with Gasteiger partial charge < -0.3 is 15.5 Å². The topological polar surface area (TPSA) is 49.6 Å². The van der Waals surface area contributed by atoms with Crippen molar-refractivity contribution in [3.8, 4) is 0 Å². The highest BCUT2D eigenvalue weighted by Crippen LogP contribution is 2.21. The van der Waals surface area contributed by atoms with E-state index >= 15 is 0 Å². The normalized spacial score (nSPS) is 28.0. The Morgan fingerprint density at radius 3 is 2.29 bits per heavy atom. The molecule has 98 valence electrons. The summed E-state index contributed by atoms with van der Waals surface area (Å²) in [6.45, 7) is 5.68. The van der Waals surface area contributed by atoms with Crippen LogP contribution in [0.15, 0.2) is 0 Å². The number of nitrogens with two attached hydrogens (primary N) is 1. The van der Waals surface area contributed by atoms with Gasteiger partial charge >= 0.3 is 6.03 Å². The minimum atomic E-state index is 0.205. The highest BCUT2D eigenvalue weighted by atomic mass is 16.2. The fourth-order valence-corrected chi connectivity index (χ4v) is 2.85. The number of carbonyl (C=O) groups is 1. The molecule has 0 aliphatic carbocycles. The Morgan fingerprint density at radius 1 is 1.12 bits per heavy atom. The molecule has 0 aromatic rings. The van der Waals surface area contributed by atoms with Gasteiger partial charge in [0, 0.05) is 32.2 Å². The number of hydrogen-bond acceptors (Lipinski definition) is 2. The zero-order valence-electron chi connectivity index (χ0n) is 10.9. The first kappa shape index (κ1) is 12.7. The third-order valence-corrected chi connectivity index (χ3v) is 4.12. The number of nitrogens with zero attached hydrogens (tertiary/aromatic N) is 2. The fraction of sp³-hybridized carbons (Fsp3) is 0.923. The van der Waals surface area contributed by atoms with E-state index in [1.807, 2.05) is 16.7 Å². The number of amides is 2. The van der Waals surface area contributed by atoms with Gasteiger partial charge in [0.2, 0.25) is 0 Å². The van der Waals surface area contributed by atoms with Crippen molar-refractivity contribution in [3.05, 3.63) is 0 Å². The molecule has 0 aromatic heterocycles. The zero-order chi connectivity index (χ0) is 12.3. The van der Waals surface area contributed by atoms with Crippen molar-refractivity contribution in [1.29, 1.82) is 0 Å². The Hall–Kier alpha value is -0.770. The van der Waals surface area contributed by atoms with Crippen LogP contribution in [0.2, 0.25) is 0 Å². The summed E-state index contributed by atoms with van der Waals surface area (Å²) in [4.78, 5) is 16.4. The second-order valence-corrected chi connectivity index (χ2v) is 5.54. The van der Waals surface area contributed by atoms with Crippen LogP contribution >= 0.6 is 0 Å². The van der Waals surface area contributed by atoms with Gasteiger partial charge in [0.05, 0.1) is 0 Å². The van der Waals surface area contributed by atoms with Gasteiger partial charge in [-0.1, -0.05) is 12.8 Å². The standard InChI is InChI=1S/C13H25N3O/c1-11(14)12-6-9-16(10-12)13(17)15-7-4-2-3-5-8-15/h11-12H,2-10,14H2,1H3. The quantitative estimate of drug-likeness (QED) is 0.756. The number of carbonyl (C=O) groups excluding carboxylic acids is 1. The zero-order valence-corrected chi connectivity index (χ0v) is 10.9. The molecule has 2 unspecified atom stereocenters. The van der Waals surface area contributed by atoms with E-state index in [-0.39, 0.29) is 12.1 Å². The molecule has 4 heteroatoms. The average Bonchev–Trinajstić information content (AvgIpc) is 2.65. The van der Waals surface area contributed by atoms with Gasteiger partial charge in [-0.25, -0.2) is 4.79 Å². The predicted octanol–water partition coefficient (Wildman–Crippen LogP) is 1.65. The summed E-state index contributed by atoms with van der Waals surface area (Å²) >= 11 is 0. The Morgan fingerprint density at radius 2 is 1.76 bits per heavy atom. The van der Waals surface area contributed by atoms with Crippen LogP contribution in [-0.4, -0.2) is 48.1 Å². The summed E-state index contributed by atoms with van der Waals surface area (Å²) in [5.74, 6) is 0.492. The molecule has 2 atom stereocenters. The molecule has 0 bridgehead atoms. The smallest absolute Gasteiger partial charge is 0.320 e. The summed E-state index contributed by atoms with van der Waals surface area (Å²) in [5, 5.41) is 0. The molecule has 0 saturated carbocycles. The van der Waals surface area contributed by atoms with Crippen LogP contribution in [0.1, 0.15) is 39.0 Å². The summed E-state index contributed by atoms with van der Waals surface area (Å²) in [6.07, 6.45) is 5.93. The number of hydrogen-bond donors (Lipinski definition) is 1. The Balaban J connectivity index is 1.87. The van der Waals surface area contributed by atoms with E-state index < -0.39 is 0 Å². The van der Waals surface area contributed by atoms with E-state index in [9.17, 15) is 4.79 Å². The first-order valence-corrected chi connectivity index (χ1v) is 6.98. The van der Waals surface area contributed by atoms with E-state index in [4.69, 9.17) is 5.73 Å². The molecule has 2 N–H and O–H groups in total. The summed E-state index contributed by atoms with van der Waals surface area (Å²) < 4.78 is 0. The fourth-order valence-electron chi connectivity index (χ4n) is 2.85. The van der Waals surface area contributed by atoms with Gasteiger partial charge in [0.15, 0.2) is 0 Å². The van der Waals surface area contributed by atoms with Crippen LogP contribution in [0, 0.1) is 5.92 Å². The van der Waals surface area contributed by atoms with E-state index in [1.54, 1.807) is 0 Å². The van der Waals surface area contributed by atoms with Crippen LogP contribution in [0.3, 0.4) is 0 Å². The highest BCUT2D eigenvalue weighted by Gasteiger charge is 2.30. The van der Waals surface area contributed by atoms with Crippen LogP contribution in [0.25, 0.3) is 0 Å². The Kier molecular flexibility index (Phi) is 4.26. The first-order valence-electron chi connectivity index (χ1n) is 6.98. The van der Waals surface area contributed by atoms with Crippen molar-refractivity contribution in [1.82, 2.24) is 9.80 Å². The average molecular weight is 239 g/mol. The first-order chi connectivity index (χ1) is 8.18. The van der Waals surface area contributed by atoms with Crippen molar-refractivity contribution < 1.29 is 4.79 Å². The minimum absolute atomic E-state index is 0.205. The Bertz CT molecular complexity index is 259. The van der Waals surface area contributed by atoms with Crippen LogP contribution < -0.4 is 5.73 Å².